The number of hydrogen-bond acceptors (Lipinski definition) is 2. The van der Waals surface area contributed by atoms with Crippen molar-refractivity contribution in [1.82, 2.24) is 0 Å². The van der Waals surface area contributed by atoms with Crippen LogP contribution in [-0.4, -0.2) is 6.61 Å². The molecule has 0 radical (unpaired) electrons. The van der Waals surface area contributed by atoms with Crippen molar-refractivity contribution in [2.75, 3.05) is 11.9 Å². The first-order chi connectivity index (χ1) is 11.4. The predicted octanol–water partition coefficient (Wildman–Crippen LogP) is 4.81. The number of aryl methyl sites for hydroxylation is 1. The monoisotopic (exact) mass is 305 g/mol. The molecule has 23 heavy (non-hydrogen) atoms. The molecule has 2 heteroatoms. The molecule has 0 saturated carbocycles. The highest BCUT2D eigenvalue weighted by atomic mass is 16.5. The molecule has 3 atom stereocenters. The highest BCUT2D eigenvalue weighted by Crippen LogP contribution is 2.51. The smallest absolute Gasteiger partial charge is 0.0896 e. The van der Waals surface area contributed by atoms with Gasteiger partial charge in [0.1, 0.15) is 0 Å². The van der Waals surface area contributed by atoms with Crippen LogP contribution in [0.4, 0.5) is 5.69 Å². The molecule has 2 nitrogen and oxygen atoms in total. The van der Waals surface area contributed by atoms with Crippen LogP contribution in [0.2, 0.25) is 0 Å². The Balaban J connectivity index is 1.64. The number of fused-ring (bicyclic) bond motifs is 5. The molecule has 118 valence electrons. The molecular formula is C21H23NO. The van der Waals surface area contributed by atoms with E-state index in [1.807, 2.05) is 0 Å². The first kappa shape index (κ1) is 13.6. The molecular weight excluding hydrogens is 282 g/mol. The topological polar surface area (TPSA) is 21.3 Å². The third-order valence-electron chi connectivity index (χ3n) is 5.90. The van der Waals surface area contributed by atoms with Gasteiger partial charge in [0.25, 0.3) is 0 Å². The lowest BCUT2D eigenvalue weighted by atomic mass is 9.78. The zero-order valence-electron chi connectivity index (χ0n) is 13.4. The molecule has 1 aliphatic carbocycles. The van der Waals surface area contributed by atoms with E-state index in [2.05, 4.69) is 47.8 Å². The van der Waals surface area contributed by atoms with Crippen LogP contribution in [0.15, 0.2) is 42.5 Å². The minimum absolute atomic E-state index is 0.267. The molecule has 2 aromatic rings. The molecule has 0 unspecified atom stereocenters. The summed E-state index contributed by atoms with van der Waals surface area (Å²) >= 11 is 0. The summed E-state index contributed by atoms with van der Waals surface area (Å²) in [5, 5.41) is 3.93. The van der Waals surface area contributed by atoms with Gasteiger partial charge in [-0.15, -0.1) is 0 Å². The second-order valence-electron chi connectivity index (χ2n) is 7.15. The average Bonchev–Trinajstić information content (AvgIpc) is 3.11. The fraction of sp³-hybridized carbons (Fsp3) is 0.429. The molecule has 2 aromatic carbocycles. The lowest BCUT2D eigenvalue weighted by Crippen LogP contribution is -2.30. The lowest BCUT2D eigenvalue weighted by molar-refractivity contribution is 0.0828. The van der Waals surface area contributed by atoms with Crippen molar-refractivity contribution in [2.24, 2.45) is 5.92 Å². The summed E-state index contributed by atoms with van der Waals surface area (Å²) in [4.78, 5) is 0. The van der Waals surface area contributed by atoms with E-state index < -0.39 is 0 Å². The maximum atomic E-state index is 6.19. The van der Waals surface area contributed by atoms with Gasteiger partial charge in [0.15, 0.2) is 0 Å². The van der Waals surface area contributed by atoms with Crippen LogP contribution >= 0.6 is 0 Å². The fourth-order valence-electron chi connectivity index (χ4n) is 4.78. The van der Waals surface area contributed by atoms with Gasteiger partial charge in [0.2, 0.25) is 0 Å². The maximum Gasteiger partial charge on any atom is 0.0896 e. The van der Waals surface area contributed by atoms with E-state index in [0.717, 1.165) is 13.0 Å². The fourth-order valence-corrected chi connectivity index (χ4v) is 4.78. The molecule has 0 aromatic heterocycles. The van der Waals surface area contributed by atoms with Crippen LogP contribution < -0.4 is 5.32 Å². The van der Waals surface area contributed by atoms with Crippen LogP contribution in [0.5, 0.6) is 0 Å². The van der Waals surface area contributed by atoms with Crippen molar-refractivity contribution in [3.05, 3.63) is 64.7 Å². The first-order valence-electron chi connectivity index (χ1n) is 8.99. The van der Waals surface area contributed by atoms with Gasteiger partial charge in [0, 0.05) is 23.8 Å². The number of benzene rings is 2. The highest BCUT2D eigenvalue weighted by molar-refractivity contribution is 5.65. The Bertz CT molecular complexity index is 724. The third kappa shape index (κ3) is 2.12. The van der Waals surface area contributed by atoms with Crippen molar-refractivity contribution in [1.29, 1.82) is 0 Å². The molecule has 2 heterocycles. The van der Waals surface area contributed by atoms with E-state index in [1.165, 1.54) is 42.5 Å². The van der Waals surface area contributed by atoms with Crippen molar-refractivity contribution in [3.63, 3.8) is 0 Å². The van der Waals surface area contributed by atoms with E-state index in [1.54, 1.807) is 11.1 Å². The number of hydrogen-bond donors (Lipinski definition) is 1. The van der Waals surface area contributed by atoms with Crippen LogP contribution in [-0.2, 0) is 17.6 Å². The molecule has 0 amide bonds. The third-order valence-corrected chi connectivity index (χ3v) is 5.90. The van der Waals surface area contributed by atoms with E-state index in [9.17, 15) is 0 Å². The molecule has 3 aliphatic rings. The second-order valence-corrected chi connectivity index (χ2v) is 7.15. The Morgan fingerprint density at radius 1 is 0.957 bits per heavy atom. The van der Waals surface area contributed by atoms with Gasteiger partial charge in [-0.25, -0.2) is 0 Å². The molecule has 1 N–H and O–H groups in total. The molecule has 0 spiro atoms. The van der Waals surface area contributed by atoms with Gasteiger partial charge in [0.05, 0.1) is 12.1 Å². The highest BCUT2D eigenvalue weighted by Gasteiger charge is 2.42. The lowest BCUT2D eigenvalue weighted by Gasteiger charge is -2.38. The zero-order chi connectivity index (χ0) is 15.2. The Kier molecular flexibility index (Phi) is 3.19. The Hall–Kier alpha value is -1.80. The summed E-state index contributed by atoms with van der Waals surface area (Å²) in [5.41, 5.74) is 7.29. The first-order valence-corrected chi connectivity index (χ1v) is 8.99. The van der Waals surface area contributed by atoms with Crippen molar-refractivity contribution in [3.8, 4) is 0 Å². The van der Waals surface area contributed by atoms with E-state index >= 15 is 0 Å². The van der Waals surface area contributed by atoms with Crippen molar-refractivity contribution in [2.45, 2.75) is 44.2 Å². The summed E-state index contributed by atoms with van der Waals surface area (Å²) in [6.45, 7) is 0.886. The molecule has 1 fully saturated rings. The normalized spacial score (nSPS) is 28.4. The second kappa shape index (κ2) is 5.38. The van der Waals surface area contributed by atoms with Gasteiger partial charge in [-0.05, 0) is 48.8 Å². The van der Waals surface area contributed by atoms with Crippen LogP contribution in [0.3, 0.4) is 0 Å². The molecule has 2 aliphatic heterocycles. The Labute approximate surface area is 137 Å². The minimum atomic E-state index is 0.267. The predicted molar refractivity (Wildman–Crippen MR) is 92.7 cm³/mol. The SMILES string of the molecule is c1ccc([C@@H]2Nc3c(ccc4c3CCCC4)[C@@H]3OCC[C@H]23)cc1. The summed E-state index contributed by atoms with van der Waals surface area (Å²) in [7, 11) is 0. The average molecular weight is 305 g/mol. The molecule has 5 rings (SSSR count). The Morgan fingerprint density at radius 2 is 1.83 bits per heavy atom. The minimum Gasteiger partial charge on any atom is -0.377 e. The number of anilines is 1. The van der Waals surface area contributed by atoms with Crippen LogP contribution in [0.1, 0.15) is 53.7 Å². The standard InChI is InChI=1S/C21H23NO/c1-2-7-15(8-3-1)19-18-12-13-23-21(18)17-11-10-14-6-4-5-9-16(14)20(17)22-19/h1-3,7-8,10-11,18-19,21-22H,4-6,9,12-13H2/t18-,19+,21+/m1/s1. The summed E-state index contributed by atoms with van der Waals surface area (Å²) in [5.74, 6) is 0.548. The van der Waals surface area contributed by atoms with E-state index in [4.69, 9.17) is 4.74 Å². The van der Waals surface area contributed by atoms with Crippen molar-refractivity contribution < 1.29 is 4.74 Å². The molecule has 1 saturated heterocycles. The largest absolute Gasteiger partial charge is 0.377 e. The van der Waals surface area contributed by atoms with Gasteiger partial charge in [-0.2, -0.15) is 0 Å². The van der Waals surface area contributed by atoms with E-state index in [0.29, 0.717) is 12.0 Å². The summed E-state index contributed by atoms with van der Waals surface area (Å²) in [6, 6.07) is 16.0. The van der Waals surface area contributed by atoms with Gasteiger partial charge in [-0.3, -0.25) is 0 Å². The summed E-state index contributed by atoms with van der Waals surface area (Å²) in [6.07, 6.45) is 6.50. The van der Waals surface area contributed by atoms with Gasteiger partial charge < -0.3 is 10.1 Å². The van der Waals surface area contributed by atoms with Gasteiger partial charge >= 0.3 is 0 Å². The van der Waals surface area contributed by atoms with Gasteiger partial charge in [-0.1, -0.05) is 42.5 Å². The van der Waals surface area contributed by atoms with Crippen molar-refractivity contribution >= 4 is 5.69 Å². The summed E-state index contributed by atoms with van der Waals surface area (Å²) < 4.78 is 6.19. The number of nitrogens with one attached hydrogen (secondary N) is 1. The zero-order valence-corrected chi connectivity index (χ0v) is 13.4. The molecule has 0 bridgehead atoms. The van der Waals surface area contributed by atoms with Crippen LogP contribution in [0, 0.1) is 5.92 Å². The van der Waals surface area contributed by atoms with Crippen LogP contribution in [0.25, 0.3) is 0 Å². The maximum absolute atomic E-state index is 6.19. The van der Waals surface area contributed by atoms with E-state index in [-0.39, 0.29) is 6.10 Å². The quantitative estimate of drug-likeness (QED) is 0.816. The number of ether oxygens (including phenoxy) is 1. The Morgan fingerprint density at radius 3 is 2.74 bits per heavy atom. The number of rotatable bonds is 1.